The van der Waals surface area contributed by atoms with Gasteiger partial charge in [-0.15, -0.1) is 0 Å². The summed E-state index contributed by atoms with van der Waals surface area (Å²) in [5, 5.41) is 7.65. The molecule has 0 fully saturated rings. The molecule has 10 aromatic rings. The van der Waals surface area contributed by atoms with Gasteiger partial charge in [-0.3, -0.25) is 0 Å². The van der Waals surface area contributed by atoms with Crippen molar-refractivity contribution in [3.63, 3.8) is 0 Å². The smallest absolute Gasteiger partial charge is 0.160 e. The Bertz CT molecular complexity index is 2980. The summed E-state index contributed by atoms with van der Waals surface area (Å²) >= 11 is 0. The summed E-state index contributed by atoms with van der Waals surface area (Å²) in [6.45, 7) is 6.72. The molecule has 0 aliphatic rings. The molecule has 0 radical (unpaired) electrons. The van der Waals surface area contributed by atoms with Crippen LogP contribution in [0, 0.1) is 0 Å². The Kier molecular flexibility index (Phi) is 10.0. The zero-order chi connectivity index (χ0) is 39.3. The van der Waals surface area contributed by atoms with E-state index < -0.39 is 0 Å². The summed E-state index contributed by atoms with van der Waals surface area (Å²) in [7, 11) is 0. The summed E-state index contributed by atoms with van der Waals surface area (Å²) in [5.41, 5.74) is 11.8. The van der Waals surface area contributed by atoms with Gasteiger partial charge < -0.3 is 0 Å². The summed E-state index contributed by atoms with van der Waals surface area (Å²) in [4.78, 5) is 10.3. The highest BCUT2D eigenvalue weighted by Crippen LogP contribution is 2.39. The molecule has 2 heteroatoms. The highest BCUT2D eigenvalue weighted by molar-refractivity contribution is 6.25. The second-order valence-electron chi connectivity index (χ2n) is 14.3. The average molecular weight is 741 g/mol. The molecule has 0 spiro atoms. The molecule has 0 N–H and O–H groups in total. The van der Waals surface area contributed by atoms with Crippen LogP contribution in [0.3, 0.4) is 0 Å². The third-order valence-corrected chi connectivity index (χ3v) is 10.6. The highest BCUT2D eigenvalue weighted by atomic mass is 14.9. The van der Waals surface area contributed by atoms with Crippen molar-refractivity contribution < 1.29 is 0 Å². The van der Waals surface area contributed by atoms with E-state index in [1.807, 2.05) is 12.1 Å². The predicted molar refractivity (Wildman–Crippen MR) is 248 cm³/mol. The van der Waals surface area contributed by atoms with Gasteiger partial charge in [0, 0.05) is 16.7 Å². The van der Waals surface area contributed by atoms with Crippen molar-refractivity contribution in [1.29, 1.82) is 0 Å². The number of fused-ring (bicyclic) bond motifs is 6. The molecule has 10 rings (SSSR count). The molecule has 2 nitrogen and oxygen atoms in total. The fourth-order valence-electron chi connectivity index (χ4n) is 7.77. The van der Waals surface area contributed by atoms with Gasteiger partial charge in [0.2, 0.25) is 0 Å². The highest BCUT2D eigenvalue weighted by Gasteiger charge is 2.14. The van der Waals surface area contributed by atoms with E-state index >= 15 is 0 Å². The molecule has 0 unspecified atom stereocenters. The Hall–Kier alpha value is -7.68. The lowest BCUT2D eigenvalue weighted by Gasteiger charge is -2.15. The lowest BCUT2D eigenvalue weighted by molar-refractivity contribution is 1.18. The number of aromatic nitrogens is 2. The Morgan fingerprint density at radius 2 is 0.621 bits per heavy atom. The van der Waals surface area contributed by atoms with Crippen molar-refractivity contribution in [2.24, 2.45) is 0 Å². The quantitative estimate of drug-likeness (QED) is 0.120. The zero-order valence-electron chi connectivity index (χ0n) is 32.1. The molecule has 0 saturated heterocycles. The number of allylic oxidation sites excluding steroid dienone is 2. The van der Waals surface area contributed by atoms with Crippen LogP contribution in [-0.4, -0.2) is 9.97 Å². The molecule has 0 saturated carbocycles. The molecule has 9 aromatic carbocycles. The summed E-state index contributed by atoms with van der Waals surface area (Å²) < 4.78 is 0. The van der Waals surface area contributed by atoms with E-state index in [4.69, 9.17) is 9.97 Å². The fraction of sp³-hybridized carbons (Fsp3) is 0. The van der Waals surface area contributed by atoms with Gasteiger partial charge in [-0.2, -0.15) is 0 Å². The van der Waals surface area contributed by atoms with Gasteiger partial charge in [-0.05, 0) is 102 Å². The van der Waals surface area contributed by atoms with Gasteiger partial charge in [0.05, 0.1) is 11.4 Å². The van der Waals surface area contributed by atoms with Crippen LogP contribution in [0.15, 0.2) is 232 Å². The third kappa shape index (κ3) is 7.23. The number of rotatable bonds is 7. The van der Waals surface area contributed by atoms with E-state index in [0.717, 1.165) is 39.2 Å². The van der Waals surface area contributed by atoms with Crippen molar-refractivity contribution in [3.8, 4) is 67.3 Å². The topological polar surface area (TPSA) is 25.8 Å². The molecule has 0 aliphatic heterocycles. The minimum Gasteiger partial charge on any atom is -0.228 e. The van der Waals surface area contributed by atoms with Crippen LogP contribution in [0.4, 0.5) is 0 Å². The van der Waals surface area contributed by atoms with Gasteiger partial charge in [0.1, 0.15) is 0 Å². The molecular weight excluding hydrogens is 701 g/mol. The lowest BCUT2D eigenvalue weighted by atomic mass is 9.90. The normalized spacial score (nSPS) is 10.9. The maximum absolute atomic E-state index is 5.13. The van der Waals surface area contributed by atoms with Crippen molar-refractivity contribution in [1.82, 2.24) is 9.97 Å². The third-order valence-electron chi connectivity index (χ3n) is 10.6. The SMILES string of the molecule is C=CC=C.c1ccc(-c2cc(-c3cccc(-c4nc(-c5ccccc5)cc(-c5ccccc5)n4)c3)cc(-c3ccc4c5ccccc5c5ccccc5c4c3)c2)cc1. The van der Waals surface area contributed by atoms with Gasteiger partial charge in [0.15, 0.2) is 5.82 Å². The first-order valence-electron chi connectivity index (χ1n) is 19.5. The lowest BCUT2D eigenvalue weighted by Crippen LogP contribution is -1.96. The van der Waals surface area contributed by atoms with E-state index in [0.29, 0.717) is 5.82 Å². The Morgan fingerprint density at radius 3 is 1.12 bits per heavy atom. The molecule has 0 aliphatic carbocycles. The average Bonchev–Trinajstić information content (AvgIpc) is 3.32. The molecular formula is C56H40N2. The van der Waals surface area contributed by atoms with E-state index in [9.17, 15) is 0 Å². The van der Waals surface area contributed by atoms with Crippen LogP contribution in [0.25, 0.3) is 99.6 Å². The van der Waals surface area contributed by atoms with Gasteiger partial charge >= 0.3 is 0 Å². The van der Waals surface area contributed by atoms with Crippen LogP contribution in [0.5, 0.6) is 0 Å². The molecule has 58 heavy (non-hydrogen) atoms. The van der Waals surface area contributed by atoms with Crippen LogP contribution < -0.4 is 0 Å². The zero-order valence-corrected chi connectivity index (χ0v) is 32.1. The predicted octanol–water partition coefficient (Wildman–Crippen LogP) is 15.3. The van der Waals surface area contributed by atoms with E-state index in [1.54, 1.807) is 12.2 Å². The van der Waals surface area contributed by atoms with Gasteiger partial charge in [-0.1, -0.05) is 195 Å². The molecule has 0 bridgehead atoms. The minimum atomic E-state index is 0.699. The van der Waals surface area contributed by atoms with Gasteiger partial charge in [0.25, 0.3) is 0 Å². The summed E-state index contributed by atoms with van der Waals surface area (Å²) in [6.07, 6.45) is 3.28. The number of hydrogen-bond acceptors (Lipinski definition) is 2. The summed E-state index contributed by atoms with van der Waals surface area (Å²) in [5.74, 6) is 0.699. The fourth-order valence-corrected chi connectivity index (χ4v) is 7.77. The van der Waals surface area contributed by atoms with Crippen LogP contribution in [0.1, 0.15) is 0 Å². The molecule has 1 aromatic heterocycles. The van der Waals surface area contributed by atoms with E-state index in [1.165, 1.54) is 54.6 Å². The molecule has 274 valence electrons. The first-order valence-corrected chi connectivity index (χ1v) is 19.5. The van der Waals surface area contributed by atoms with Crippen molar-refractivity contribution in [3.05, 3.63) is 232 Å². The minimum absolute atomic E-state index is 0.699. The Labute approximate surface area is 339 Å². The van der Waals surface area contributed by atoms with Crippen molar-refractivity contribution in [2.75, 3.05) is 0 Å². The first kappa shape index (κ1) is 36.0. The number of benzene rings is 9. The van der Waals surface area contributed by atoms with Gasteiger partial charge in [-0.25, -0.2) is 9.97 Å². The first-order chi connectivity index (χ1) is 28.7. The maximum Gasteiger partial charge on any atom is 0.160 e. The number of nitrogens with zero attached hydrogens (tertiary/aromatic N) is 2. The molecule has 0 atom stereocenters. The Balaban J connectivity index is 0.00000104. The van der Waals surface area contributed by atoms with Crippen LogP contribution >= 0.6 is 0 Å². The van der Waals surface area contributed by atoms with Crippen molar-refractivity contribution >= 4 is 32.3 Å². The standard InChI is InChI=1S/C52H34N2.C4H6/c1-4-15-35(16-5-1)41-30-42(32-43(31-41)39-27-28-48-46-25-11-10-23-44(46)45-24-12-13-26-47(45)49(48)33-39)38-21-14-22-40(29-38)52-53-50(36-17-6-2-7-18-36)34-51(54-52)37-19-8-3-9-20-37;1-3-4-2/h1-34H;3-4H,1-2H2. The second-order valence-corrected chi connectivity index (χ2v) is 14.3. The molecule has 1 heterocycles. The van der Waals surface area contributed by atoms with Crippen molar-refractivity contribution in [2.45, 2.75) is 0 Å². The Morgan fingerprint density at radius 1 is 0.259 bits per heavy atom. The molecule has 0 amide bonds. The second kappa shape index (κ2) is 16.2. The number of hydrogen-bond donors (Lipinski definition) is 0. The maximum atomic E-state index is 5.13. The van der Waals surface area contributed by atoms with E-state index in [2.05, 4.69) is 207 Å². The monoisotopic (exact) mass is 740 g/mol. The van der Waals surface area contributed by atoms with Crippen LogP contribution in [-0.2, 0) is 0 Å². The summed E-state index contributed by atoms with van der Waals surface area (Å²) in [6, 6.07) is 73.5. The van der Waals surface area contributed by atoms with E-state index in [-0.39, 0.29) is 0 Å². The van der Waals surface area contributed by atoms with Crippen LogP contribution in [0.2, 0.25) is 0 Å². The largest absolute Gasteiger partial charge is 0.228 e.